The van der Waals surface area contributed by atoms with Crippen LogP contribution in [-0.2, 0) is 14.4 Å². The molecule has 2 rings (SSSR count). The number of carboxylic acid groups (broad SMARTS) is 1. The van der Waals surface area contributed by atoms with Crippen molar-refractivity contribution in [1.82, 2.24) is 10.2 Å². The average Bonchev–Trinajstić information content (AvgIpc) is 2.86. The second kappa shape index (κ2) is 8.91. The first-order valence-electron chi connectivity index (χ1n) is 7.81. The van der Waals surface area contributed by atoms with Crippen LogP contribution < -0.4 is 5.32 Å². The molecule has 0 aromatic heterocycles. The highest BCUT2D eigenvalue weighted by Crippen LogP contribution is 2.33. The molecule has 138 valence electrons. The fourth-order valence-electron chi connectivity index (χ4n) is 2.24. The van der Waals surface area contributed by atoms with Crippen LogP contribution in [0.4, 0.5) is 4.39 Å². The molecular formula is C17H17FN2O4S2. The zero-order valence-corrected chi connectivity index (χ0v) is 15.5. The van der Waals surface area contributed by atoms with Gasteiger partial charge in [-0.3, -0.25) is 19.3 Å². The lowest BCUT2D eigenvalue weighted by Gasteiger charge is -2.22. The molecule has 26 heavy (non-hydrogen) atoms. The van der Waals surface area contributed by atoms with Gasteiger partial charge < -0.3 is 10.4 Å². The molecule has 0 saturated carbocycles. The minimum absolute atomic E-state index is 0.0455. The molecule has 2 amide bonds. The van der Waals surface area contributed by atoms with Crippen molar-refractivity contribution in [1.29, 1.82) is 0 Å². The van der Waals surface area contributed by atoms with E-state index in [2.05, 4.69) is 5.32 Å². The van der Waals surface area contributed by atoms with Crippen LogP contribution in [0.25, 0.3) is 6.08 Å². The number of carbonyl (C=O) groups is 3. The highest BCUT2D eigenvalue weighted by atomic mass is 32.2. The molecule has 1 heterocycles. The van der Waals surface area contributed by atoms with Gasteiger partial charge in [0.2, 0.25) is 5.91 Å². The minimum atomic E-state index is -0.935. The molecule has 1 saturated heterocycles. The van der Waals surface area contributed by atoms with Crippen molar-refractivity contribution in [2.45, 2.75) is 25.8 Å². The maximum absolute atomic E-state index is 13.0. The number of nitrogens with zero attached hydrogens (tertiary/aromatic N) is 1. The number of aliphatic carboxylic acids is 1. The van der Waals surface area contributed by atoms with Gasteiger partial charge in [-0.15, -0.1) is 0 Å². The second-order valence-corrected chi connectivity index (χ2v) is 7.24. The first kappa shape index (κ1) is 20.1. The van der Waals surface area contributed by atoms with E-state index in [-0.39, 0.29) is 23.1 Å². The van der Waals surface area contributed by atoms with Crippen molar-refractivity contribution >= 4 is 52.2 Å². The molecule has 0 radical (unpaired) electrons. The molecular weight excluding hydrogens is 379 g/mol. The maximum atomic E-state index is 13.0. The zero-order chi connectivity index (χ0) is 19.3. The second-order valence-electron chi connectivity index (χ2n) is 5.57. The number of carboxylic acids is 1. The largest absolute Gasteiger partial charge is 0.481 e. The normalized spacial score (nSPS) is 16.8. The highest BCUT2D eigenvalue weighted by Gasteiger charge is 2.38. The van der Waals surface area contributed by atoms with Crippen LogP contribution >= 0.6 is 24.0 Å². The van der Waals surface area contributed by atoms with Gasteiger partial charge in [0.1, 0.15) is 16.2 Å². The summed E-state index contributed by atoms with van der Waals surface area (Å²) in [5.74, 6) is -2.11. The third-order valence-electron chi connectivity index (χ3n) is 3.62. The molecule has 1 atom stereocenters. The summed E-state index contributed by atoms with van der Waals surface area (Å²) in [7, 11) is 0. The van der Waals surface area contributed by atoms with Gasteiger partial charge >= 0.3 is 5.97 Å². The molecule has 0 aliphatic carbocycles. The number of nitrogens with one attached hydrogen (secondary N) is 1. The molecule has 1 fully saturated rings. The van der Waals surface area contributed by atoms with E-state index in [0.29, 0.717) is 16.9 Å². The number of carbonyl (C=O) groups excluding carboxylic acids is 2. The molecule has 1 unspecified atom stereocenters. The standard InChI is InChI=1S/C17H17FN2O4S2/c1-10(15(23)19-8-2-3-14(21)22)20-16(24)13(26-17(20)25)9-11-4-6-12(18)7-5-11/h4-7,9-10H,2-3,8H2,1H3,(H,19,23)(H,21,22)/b13-9-. The van der Waals surface area contributed by atoms with E-state index in [1.165, 1.54) is 17.0 Å². The van der Waals surface area contributed by atoms with Crippen molar-refractivity contribution in [3.05, 3.63) is 40.6 Å². The fraction of sp³-hybridized carbons (Fsp3) is 0.294. The number of halogens is 1. The Morgan fingerprint density at radius 1 is 1.38 bits per heavy atom. The smallest absolute Gasteiger partial charge is 0.303 e. The van der Waals surface area contributed by atoms with Gasteiger partial charge in [-0.25, -0.2) is 4.39 Å². The molecule has 1 aromatic carbocycles. The molecule has 9 heteroatoms. The number of amides is 2. The lowest BCUT2D eigenvalue weighted by molar-refractivity contribution is -0.137. The van der Waals surface area contributed by atoms with E-state index in [1.54, 1.807) is 25.1 Å². The summed E-state index contributed by atoms with van der Waals surface area (Å²) >= 11 is 6.28. The Morgan fingerprint density at radius 2 is 2.04 bits per heavy atom. The van der Waals surface area contributed by atoms with Gasteiger partial charge in [0.15, 0.2) is 0 Å². The molecule has 1 aliphatic rings. The Hall–Kier alpha value is -2.26. The Balaban J connectivity index is 2.02. The number of benzene rings is 1. The molecule has 0 bridgehead atoms. The van der Waals surface area contributed by atoms with Crippen molar-refractivity contribution in [3.63, 3.8) is 0 Å². The van der Waals surface area contributed by atoms with Gasteiger partial charge in [-0.05, 0) is 37.1 Å². The number of rotatable bonds is 7. The topological polar surface area (TPSA) is 86.7 Å². The van der Waals surface area contributed by atoms with E-state index < -0.39 is 23.8 Å². The Labute approximate surface area is 159 Å². The Bertz CT molecular complexity index is 765. The van der Waals surface area contributed by atoms with Crippen LogP contribution in [-0.4, -0.2) is 44.7 Å². The van der Waals surface area contributed by atoms with Crippen LogP contribution in [0.3, 0.4) is 0 Å². The number of hydrogen-bond acceptors (Lipinski definition) is 5. The average molecular weight is 396 g/mol. The lowest BCUT2D eigenvalue weighted by Crippen LogP contribution is -2.47. The van der Waals surface area contributed by atoms with Gasteiger partial charge in [0, 0.05) is 13.0 Å². The van der Waals surface area contributed by atoms with Crippen LogP contribution in [0, 0.1) is 5.82 Å². The van der Waals surface area contributed by atoms with E-state index in [1.807, 2.05) is 0 Å². The van der Waals surface area contributed by atoms with Gasteiger partial charge in [0.05, 0.1) is 4.91 Å². The van der Waals surface area contributed by atoms with Gasteiger partial charge in [-0.1, -0.05) is 36.1 Å². The monoisotopic (exact) mass is 396 g/mol. The zero-order valence-electron chi connectivity index (χ0n) is 13.9. The van der Waals surface area contributed by atoms with Crippen LogP contribution in [0.2, 0.25) is 0 Å². The van der Waals surface area contributed by atoms with Gasteiger partial charge in [-0.2, -0.15) is 0 Å². The SMILES string of the molecule is CC(C(=O)NCCCC(=O)O)N1C(=O)/C(=C/c2ccc(F)cc2)SC1=S. The summed E-state index contributed by atoms with van der Waals surface area (Å²) in [6, 6.07) is 4.85. The van der Waals surface area contributed by atoms with Crippen molar-refractivity contribution < 1.29 is 23.9 Å². The fourth-order valence-corrected chi connectivity index (χ4v) is 3.66. The first-order valence-corrected chi connectivity index (χ1v) is 9.04. The van der Waals surface area contributed by atoms with Gasteiger partial charge in [0.25, 0.3) is 5.91 Å². The lowest BCUT2D eigenvalue weighted by atomic mass is 10.2. The minimum Gasteiger partial charge on any atom is -0.481 e. The van der Waals surface area contributed by atoms with Crippen molar-refractivity contribution in [2.75, 3.05) is 6.54 Å². The van der Waals surface area contributed by atoms with Crippen LogP contribution in [0.15, 0.2) is 29.2 Å². The third-order valence-corrected chi connectivity index (χ3v) is 4.96. The highest BCUT2D eigenvalue weighted by molar-refractivity contribution is 8.26. The van der Waals surface area contributed by atoms with Crippen LogP contribution in [0.1, 0.15) is 25.3 Å². The molecule has 0 spiro atoms. The maximum Gasteiger partial charge on any atom is 0.303 e. The predicted octanol–water partition coefficient (Wildman–Crippen LogP) is 2.40. The third kappa shape index (κ3) is 5.12. The summed E-state index contributed by atoms with van der Waals surface area (Å²) < 4.78 is 13.2. The van der Waals surface area contributed by atoms with Crippen molar-refractivity contribution in [2.24, 2.45) is 0 Å². The molecule has 6 nitrogen and oxygen atoms in total. The summed E-state index contributed by atoms with van der Waals surface area (Å²) in [4.78, 5) is 36.8. The number of hydrogen-bond donors (Lipinski definition) is 2. The van der Waals surface area contributed by atoms with E-state index in [0.717, 1.165) is 11.8 Å². The van der Waals surface area contributed by atoms with E-state index in [9.17, 15) is 18.8 Å². The molecule has 1 aliphatic heterocycles. The first-order chi connectivity index (χ1) is 12.3. The number of thiocarbonyl (C=S) groups is 1. The summed E-state index contributed by atoms with van der Waals surface area (Å²) in [5, 5.41) is 11.2. The van der Waals surface area contributed by atoms with E-state index in [4.69, 9.17) is 17.3 Å². The summed E-state index contributed by atoms with van der Waals surface area (Å²) in [6.45, 7) is 1.76. The van der Waals surface area contributed by atoms with E-state index >= 15 is 0 Å². The quantitative estimate of drug-likeness (QED) is 0.418. The summed E-state index contributed by atoms with van der Waals surface area (Å²) in [6.07, 6.45) is 1.85. The van der Waals surface area contributed by atoms with Crippen LogP contribution in [0.5, 0.6) is 0 Å². The summed E-state index contributed by atoms with van der Waals surface area (Å²) in [5.41, 5.74) is 0.651. The number of thioether (sulfide) groups is 1. The van der Waals surface area contributed by atoms with Crippen molar-refractivity contribution in [3.8, 4) is 0 Å². The molecule has 2 N–H and O–H groups in total. The Kier molecular flexibility index (Phi) is 6.87. The molecule has 1 aromatic rings. The Morgan fingerprint density at radius 3 is 2.65 bits per heavy atom. The predicted molar refractivity (Wildman–Crippen MR) is 101 cm³/mol.